The monoisotopic (exact) mass is 648 g/mol. The molecular weight excluding hydrogens is 617 g/mol. The molecule has 1 aromatic heterocycles. The van der Waals surface area contributed by atoms with E-state index >= 15 is 0 Å². The molecule has 238 valence electrons. The summed E-state index contributed by atoms with van der Waals surface area (Å²) in [6.45, 7) is 12.1. The van der Waals surface area contributed by atoms with E-state index in [2.05, 4.69) is 170 Å². The average molecular weight is 649 g/mol. The predicted octanol–water partition coefficient (Wildman–Crippen LogP) is 13.6. The minimum Gasteiger partial charge on any atom is -0.246 e. The summed E-state index contributed by atoms with van der Waals surface area (Å²) in [6.07, 6.45) is 0. The van der Waals surface area contributed by atoms with Gasteiger partial charge in [0.05, 0.1) is 17.8 Å². The van der Waals surface area contributed by atoms with Gasteiger partial charge in [-0.25, -0.2) is 9.83 Å². The van der Waals surface area contributed by atoms with Gasteiger partial charge in [0, 0.05) is 27.1 Å². The van der Waals surface area contributed by atoms with E-state index in [1.54, 1.807) is 0 Å². The normalized spacial score (nSPS) is 13.0. The summed E-state index contributed by atoms with van der Waals surface area (Å²) in [5.74, 6) is 0. The van der Waals surface area contributed by atoms with E-state index in [1.807, 2.05) is 6.07 Å². The first-order valence-corrected chi connectivity index (χ1v) is 17.5. The molecule has 0 saturated carbocycles. The van der Waals surface area contributed by atoms with Crippen molar-refractivity contribution in [2.75, 3.05) is 0 Å². The lowest BCUT2D eigenvalue weighted by molar-refractivity contribution is 0.661. The van der Waals surface area contributed by atoms with Crippen molar-refractivity contribution in [2.45, 2.75) is 19.3 Å². The maximum atomic E-state index is 7.53. The van der Waals surface area contributed by atoms with Crippen molar-refractivity contribution in [3.8, 4) is 44.6 Å². The Kier molecular flexibility index (Phi) is 6.32. The SMILES string of the molecule is [C-]#[N+]c1ccc2c(c1)C(C)(C)c1cc(-c3cccc(-c4ccc5c(ccc6c7ccc8ccccc8c7nc(-c7ccccc7)c56)c4)c3)ccc1-2. The Labute approximate surface area is 297 Å². The van der Waals surface area contributed by atoms with Crippen LogP contribution >= 0.6 is 0 Å². The van der Waals surface area contributed by atoms with Crippen molar-refractivity contribution >= 4 is 48.9 Å². The number of pyridine rings is 1. The summed E-state index contributed by atoms with van der Waals surface area (Å²) in [4.78, 5) is 9.12. The van der Waals surface area contributed by atoms with Crippen LogP contribution in [-0.4, -0.2) is 4.98 Å². The molecule has 0 unspecified atom stereocenters. The number of hydrogen-bond acceptors (Lipinski definition) is 1. The number of aromatic nitrogens is 1. The van der Waals surface area contributed by atoms with Crippen LogP contribution in [0.5, 0.6) is 0 Å². The highest BCUT2D eigenvalue weighted by atomic mass is 14.7. The first-order valence-electron chi connectivity index (χ1n) is 17.5. The van der Waals surface area contributed by atoms with E-state index < -0.39 is 0 Å². The van der Waals surface area contributed by atoms with Gasteiger partial charge in [-0.1, -0.05) is 153 Å². The predicted molar refractivity (Wildman–Crippen MR) is 214 cm³/mol. The number of nitrogens with zero attached hydrogens (tertiary/aromatic N) is 2. The summed E-state index contributed by atoms with van der Waals surface area (Å²) in [7, 11) is 0. The minimum absolute atomic E-state index is 0.175. The van der Waals surface area contributed by atoms with Crippen LogP contribution in [0, 0.1) is 6.57 Å². The molecule has 0 atom stereocenters. The van der Waals surface area contributed by atoms with E-state index in [0.29, 0.717) is 5.69 Å². The maximum absolute atomic E-state index is 7.53. The van der Waals surface area contributed by atoms with Crippen LogP contribution in [0.4, 0.5) is 5.69 Å². The van der Waals surface area contributed by atoms with Crippen molar-refractivity contribution in [1.29, 1.82) is 0 Å². The molecule has 0 spiro atoms. The van der Waals surface area contributed by atoms with Crippen molar-refractivity contribution in [1.82, 2.24) is 4.98 Å². The highest BCUT2D eigenvalue weighted by Crippen LogP contribution is 2.51. The number of rotatable bonds is 3. The first kappa shape index (κ1) is 29.4. The molecule has 1 aliphatic carbocycles. The zero-order valence-electron chi connectivity index (χ0n) is 28.4. The van der Waals surface area contributed by atoms with E-state index in [1.165, 1.54) is 82.2 Å². The largest absolute Gasteiger partial charge is 0.246 e. The van der Waals surface area contributed by atoms with Crippen molar-refractivity contribution in [3.05, 3.63) is 180 Å². The number of benzene rings is 8. The Morgan fingerprint density at radius 3 is 1.92 bits per heavy atom. The Morgan fingerprint density at radius 1 is 0.471 bits per heavy atom. The highest BCUT2D eigenvalue weighted by molar-refractivity contribution is 6.24. The van der Waals surface area contributed by atoms with Crippen molar-refractivity contribution in [2.24, 2.45) is 0 Å². The van der Waals surface area contributed by atoms with E-state index in [-0.39, 0.29) is 5.41 Å². The fraction of sp³-hybridized carbons (Fsp3) is 0.0612. The van der Waals surface area contributed by atoms with Crippen molar-refractivity contribution in [3.63, 3.8) is 0 Å². The summed E-state index contributed by atoms with van der Waals surface area (Å²) >= 11 is 0. The van der Waals surface area contributed by atoms with Gasteiger partial charge in [0.2, 0.25) is 0 Å². The second-order valence-electron chi connectivity index (χ2n) is 14.2. The Morgan fingerprint density at radius 2 is 1.10 bits per heavy atom. The third kappa shape index (κ3) is 4.45. The lowest BCUT2D eigenvalue weighted by Gasteiger charge is -2.22. The van der Waals surface area contributed by atoms with Crippen LogP contribution in [0.25, 0.3) is 92.7 Å². The molecule has 2 heteroatoms. The van der Waals surface area contributed by atoms with Gasteiger partial charge in [0.15, 0.2) is 5.69 Å². The topological polar surface area (TPSA) is 17.2 Å². The zero-order valence-corrected chi connectivity index (χ0v) is 28.4. The zero-order chi connectivity index (χ0) is 34.3. The lowest BCUT2D eigenvalue weighted by atomic mass is 9.81. The average Bonchev–Trinajstić information content (AvgIpc) is 3.42. The molecule has 2 nitrogen and oxygen atoms in total. The standard InChI is InChI=1S/C49H32N2/c1-49(2)44-28-35(18-22-40(44)41-25-20-37(50-3)29-45(41)49)33-14-9-13-32(26-33)34-17-21-38-36(27-34)19-23-42-43-24-16-30-10-7-8-15-39(30)48(43)51-47(46(38)42)31-11-5-4-6-12-31/h4-29H,1-2H3. The Bertz CT molecular complexity index is 2950. The van der Waals surface area contributed by atoms with Gasteiger partial charge < -0.3 is 0 Å². The van der Waals surface area contributed by atoms with Crippen LogP contribution in [0.2, 0.25) is 0 Å². The quantitative estimate of drug-likeness (QED) is 0.138. The van der Waals surface area contributed by atoms with Crippen LogP contribution in [0.15, 0.2) is 158 Å². The molecule has 8 aromatic carbocycles. The summed E-state index contributed by atoms with van der Waals surface area (Å²) in [5, 5.41) is 8.36. The van der Waals surface area contributed by atoms with Crippen molar-refractivity contribution < 1.29 is 0 Å². The molecule has 0 saturated heterocycles. The summed E-state index contributed by atoms with van der Waals surface area (Å²) < 4.78 is 0. The molecule has 51 heavy (non-hydrogen) atoms. The van der Waals surface area contributed by atoms with Gasteiger partial charge in [0.1, 0.15) is 0 Å². The molecule has 0 fully saturated rings. The summed E-state index contributed by atoms with van der Waals surface area (Å²) in [6, 6.07) is 56.9. The molecule has 10 rings (SSSR count). The van der Waals surface area contributed by atoms with Crippen LogP contribution in [-0.2, 0) is 5.41 Å². The first-order chi connectivity index (χ1) is 25.0. The second kappa shape index (κ2) is 11.0. The molecular formula is C49H32N2. The summed E-state index contributed by atoms with van der Waals surface area (Å²) in [5.41, 5.74) is 13.5. The molecule has 1 heterocycles. The number of fused-ring (bicyclic) bond motifs is 10. The van der Waals surface area contributed by atoms with Gasteiger partial charge in [-0.15, -0.1) is 0 Å². The molecule has 0 bridgehead atoms. The van der Waals surface area contributed by atoms with Crippen LogP contribution in [0.1, 0.15) is 25.0 Å². The van der Waals surface area contributed by atoms with Gasteiger partial charge >= 0.3 is 0 Å². The van der Waals surface area contributed by atoms with E-state index in [4.69, 9.17) is 11.6 Å². The second-order valence-corrected chi connectivity index (χ2v) is 14.2. The molecule has 0 amide bonds. The molecule has 0 N–H and O–H groups in total. The Hall–Kier alpha value is -6.56. The molecule has 1 aliphatic rings. The molecule has 0 aliphatic heterocycles. The minimum atomic E-state index is -0.175. The van der Waals surface area contributed by atoms with E-state index in [9.17, 15) is 0 Å². The van der Waals surface area contributed by atoms with Gasteiger partial charge in [-0.05, 0) is 84.3 Å². The maximum Gasteiger partial charge on any atom is 0.187 e. The number of hydrogen-bond donors (Lipinski definition) is 0. The van der Waals surface area contributed by atoms with Crippen LogP contribution < -0.4 is 0 Å². The third-order valence-corrected chi connectivity index (χ3v) is 11.0. The Balaban J connectivity index is 1.10. The fourth-order valence-corrected chi connectivity index (χ4v) is 8.41. The molecule has 0 radical (unpaired) electrons. The van der Waals surface area contributed by atoms with Gasteiger partial charge in [0.25, 0.3) is 0 Å². The fourth-order valence-electron chi connectivity index (χ4n) is 8.41. The van der Waals surface area contributed by atoms with Gasteiger partial charge in [-0.2, -0.15) is 0 Å². The smallest absolute Gasteiger partial charge is 0.187 e. The van der Waals surface area contributed by atoms with Crippen LogP contribution in [0.3, 0.4) is 0 Å². The molecule has 9 aromatic rings. The van der Waals surface area contributed by atoms with Gasteiger partial charge in [-0.3, -0.25) is 0 Å². The van der Waals surface area contributed by atoms with E-state index in [0.717, 1.165) is 16.8 Å². The third-order valence-electron chi connectivity index (χ3n) is 11.0. The lowest BCUT2D eigenvalue weighted by Crippen LogP contribution is -2.14. The highest BCUT2D eigenvalue weighted by Gasteiger charge is 2.35.